The van der Waals surface area contributed by atoms with Gasteiger partial charge in [0.2, 0.25) is 5.91 Å². The number of carboxylic acid groups (broad SMARTS) is 1. The number of aromatic nitrogens is 2. The summed E-state index contributed by atoms with van der Waals surface area (Å²) < 4.78 is 10.4. The molecule has 9 heteroatoms. The molecular formula is C21H28N4O5. The molecule has 162 valence electrons. The number of hydrogen-bond donors (Lipinski definition) is 3. The summed E-state index contributed by atoms with van der Waals surface area (Å²) >= 11 is 0. The number of pyridine rings is 1. The molecule has 0 aliphatic heterocycles. The zero-order valence-corrected chi connectivity index (χ0v) is 17.5. The van der Waals surface area contributed by atoms with Crippen LogP contribution in [0.5, 0.6) is 0 Å². The van der Waals surface area contributed by atoms with E-state index >= 15 is 0 Å². The zero-order valence-electron chi connectivity index (χ0n) is 17.5. The number of ether oxygens (including phenoxy) is 1. The molecule has 9 nitrogen and oxygen atoms in total. The third-order valence-corrected chi connectivity index (χ3v) is 5.61. The average molecular weight is 416 g/mol. The zero-order chi connectivity index (χ0) is 21.7. The van der Waals surface area contributed by atoms with Crippen molar-refractivity contribution in [1.82, 2.24) is 15.5 Å². The lowest BCUT2D eigenvalue weighted by Crippen LogP contribution is -2.49. The summed E-state index contributed by atoms with van der Waals surface area (Å²) in [7, 11) is 1.58. The predicted molar refractivity (Wildman–Crippen MR) is 110 cm³/mol. The fraction of sp³-hybridized carbons (Fsp3) is 0.524. The van der Waals surface area contributed by atoms with E-state index < -0.39 is 18.0 Å². The average Bonchev–Trinajstić information content (AvgIpc) is 3.08. The maximum Gasteiger partial charge on any atom is 0.405 e. The Morgan fingerprint density at radius 3 is 2.63 bits per heavy atom. The second-order valence-corrected chi connectivity index (χ2v) is 7.86. The van der Waals surface area contributed by atoms with Crippen molar-refractivity contribution < 1.29 is 24.0 Å². The Morgan fingerprint density at radius 1 is 1.30 bits per heavy atom. The van der Waals surface area contributed by atoms with Gasteiger partial charge in [-0.05, 0) is 43.7 Å². The number of anilines is 1. The minimum atomic E-state index is -1.20. The van der Waals surface area contributed by atoms with Crippen LogP contribution in [0.4, 0.5) is 10.6 Å². The van der Waals surface area contributed by atoms with Gasteiger partial charge in [0.05, 0.1) is 12.2 Å². The summed E-state index contributed by atoms with van der Waals surface area (Å²) in [6, 6.07) is 2.69. The first-order valence-corrected chi connectivity index (χ1v) is 10.1. The summed E-state index contributed by atoms with van der Waals surface area (Å²) in [6.07, 6.45) is 4.04. The van der Waals surface area contributed by atoms with Gasteiger partial charge in [-0.3, -0.25) is 4.79 Å². The number of carbonyl (C=O) groups excluding carboxylic acids is 1. The van der Waals surface area contributed by atoms with Crippen molar-refractivity contribution in [2.24, 2.45) is 11.8 Å². The molecule has 3 rings (SSSR count). The molecular weight excluding hydrogens is 388 g/mol. The van der Waals surface area contributed by atoms with Gasteiger partial charge in [-0.1, -0.05) is 24.9 Å². The lowest BCUT2D eigenvalue weighted by molar-refractivity contribution is -0.119. The van der Waals surface area contributed by atoms with Crippen LogP contribution in [0.2, 0.25) is 0 Å². The smallest absolute Gasteiger partial charge is 0.405 e. The minimum absolute atomic E-state index is 0.0205. The molecule has 1 fully saturated rings. The highest BCUT2D eigenvalue weighted by atomic mass is 16.5. The number of methoxy groups -OCH3 is 1. The van der Waals surface area contributed by atoms with E-state index in [1.54, 1.807) is 19.4 Å². The van der Waals surface area contributed by atoms with E-state index in [4.69, 9.17) is 9.26 Å². The Kier molecular flexibility index (Phi) is 7.04. The maximum atomic E-state index is 12.8. The first-order valence-electron chi connectivity index (χ1n) is 10.1. The van der Waals surface area contributed by atoms with E-state index in [-0.39, 0.29) is 5.92 Å². The van der Waals surface area contributed by atoms with Gasteiger partial charge in [-0.2, -0.15) is 0 Å². The molecule has 3 N–H and O–H groups in total. The van der Waals surface area contributed by atoms with Crippen molar-refractivity contribution in [3.63, 3.8) is 0 Å². The van der Waals surface area contributed by atoms with Gasteiger partial charge < -0.3 is 25.0 Å². The second-order valence-electron chi connectivity index (χ2n) is 7.86. The maximum absolute atomic E-state index is 12.8. The molecule has 0 bridgehead atoms. The van der Waals surface area contributed by atoms with Crippen molar-refractivity contribution in [3.05, 3.63) is 29.8 Å². The topological polar surface area (TPSA) is 127 Å². The van der Waals surface area contributed by atoms with E-state index in [2.05, 4.69) is 27.7 Å². The van der Waals surface area contributed by atoms with Crippen LogP contribution >= 0.6 is 0 Å². The fourth-order valence-corrected chi connectivity index (χ4v) is 3.99. The first kappa shape index (κ1) is 21.8. The molecule has 2 amide bonds. The van der Waals surface area contributed by atoms with Crippen molar-refractivity contribution in [2.75, 3.05) is 12.4 Å². The van der Waals surface area contributed by atoms with Crippen LogP contribution < -0.4 is 10.6 Å². The number of nitrogens with one attached hydrogen (secondary N) is 2. The van der Waals surface area contributed by atoms with Gasteiger partial charge in [-0.15, -0.1) is 0 Å². The highest BCUT2D eigenvalue weighted by molar-refractivity contribution is 5.96. The number of rotatable bonds is 7. The lowest BCUT2D eigenvalue weighted by atomic mass is 9.79. The summed E-state index contributed by atoms with van der Waals surface area (Å²) in [5.74, 6) is 1.20. The number of aryl methyl sites for hydroxylation is 1. The largest absolute Gasteiger partial charge is 0.465 e. The molecule has 2 heterocycles. The second kappa shape index (κ2) is 9.71. The third-order valence-electron chi connectivity index (χ3n) is 5.61. The highest BCUT2D eigenvalue weighted by Crippen LogP contribution is 2.31. The quantitative estimate of drug-likeness (QED) is 0.629. The van der Waals surface area contributed by atoms with Crippen LogP contribution in [0, 0.1) is 18.8 Å². The van der Waals surface area contributed by atoms with Crippen LogP contribution in [0.1, 0.15) is 44.1 Å². The Hall–Kier alpha value is -2.94. The van der Waals surface area contributed by atoms with Gasteiger partial charge in [-0.25, -0.2) is 9.78 Å². The van der Waals surface area contributed by atoms with E-state index in [9.17, 15) is 14.7 Å². The van der Waals surface area contributed by atoms with Crippen LogP contribution in [-0.4, -0.2) is 40.4 Å². The minimum Gasteiger partial charge on any atom is -0.465 e. The van der Waals surface area contributed by atoms with Gasteiger partial charge in [0.25, 0.3) is 0 Å². The van der Waals surface area contributed by atoms with Gasteiger partial charge in [0, 0.05) is 18.9 Å². The highest BCUT2D eigenvalue weighted by Gasteiger charge is 2.32. The monoisotopic (exact) mass is 416 g/mol. The van der Waals surface area contributed by atoms with E-state index in [1.807, 2.05) is 13.0 Å². The van der Waals surface area contributed by atoms with E-state index in [0.29, 0.717) is 29.8 Å². The van der Waals surface area contributed by atoms with Crippen molar-refractivity contribution in [2.45, 2.75) is 52.2 Å². The Labute approximate surface area is 175 Å². The summed E-state index contributed by atoms with van der Waals surface area (Å²) in [4.78, 5) is 28.4. The van der Waals surface area contributed by atoms with E-state index in [1.165, 1.54) is 0 Å². The lowest BCUT2D eigenvalue weighted by Gasteiger charge is -2.31. The van der Waals surface area contributed by atoms with Crippen molar-refractivity contribution >= 4 is 17.8 Å². The molecule has 1 atom stereocenters. The Bertz CT molecular complexity index is 872. The van der Waals surface area contributed by atoms with Crippen LogP contribution in [0.3, 0.4) is 0 Å². The molecule has 30 heavy (non-hydrogen) atoms. The molecule has 1 saturated carbocycles. The molecule has 0 saturated heterocycles. The van der Waals surface area contributed by atoms with Gasteiger partial charge in [0.1, 0.15) is 23.3 Å². The molecule has 1 aliphatic carbocycles. The van der Waals surface area contributed by atoms with Crippen LogP contribution in [0.15, 0.2) is 22.9 Å². The molecule has 1 aliphatic rings. The van der Waals surface area contributed by atoms with Crippen LogP contribution in [-0.2, 0) is 16.1 Å². The van der Waals surface area contributed by atoms with Crippen molar-refractivity contribution in [3.8, 4) is 11.1 Å². The normalized spacial score (nSPS) is 19.8. The third kappa shape index (κ3) is 5.15. The molecule has 2 aromatic rings. The molecule has 0 unspecified atom stereocenters. The summed E-state index contributed by atoms with van der Waals surface area (Å²) in [5.41, 5.74) is 2.27. The fourth-order valence-electron chi connectivity index (χ4n) is 3.99. The molecule has 2 aromatic heterocycles. The predicted octanol–water partition coefficient (Wildman–Crippen LogP) is 3.59. The number of amides is 2. The molecule has 0 radical (unpaired) electrons. The van der Waals surface area contributed by atoms with Crippen molar-refractivity contribution in [1.29, 1.82) is 0 Å². The standard InChI is InChI=1S/C21H28N4O5/c1-12-4-6-14(7-5-12)19(24-21(27)28)20(26)23-17-9-8-15(10-22-17)18-13(2)30-25-16(18)11-29-3/h8-10,12,14,19,24H,4-7,11H2,1-3H3,(H,27,28)(H,22,23,26)/t12?,14?,19-/m0/s1. The Balaban J connectivity index is 1.72. The molecule has 0 spiro atoms. The van der Waals surface area contributed by atoms with Crippen LogP contribution in [0.25, 0.3) is 11.1 Å². The van der Waals surface area contributed by atoms with E-state index in [0.717, 1.165) is 36.8 Å². The van der Waals surface area contributed by atoms with Gasteiger partial charge >= 0.3 is 6.09 Å². The summed E-state index contributed by atoms with van der Waals surface area (Å²) in [6.45, 7) is 4.30. The number of carbonyl (C=O) groups is 2. The number of nitrogens with zero attached hydrogens (tertiary/aromatic N) is 2. The Morgan fingerprint density at radius 2 is 2.03 bits per heavy atom. The first-order chi connectivity index (χ1) is 14.4. The summed E-state index contributed by atoms with van der Waals surface area (Å²) in [5, 5.41) is 18.3. The number of hydrogen-bond acceptors (Lipinski definition) is 6. The SMILES string of the molecule is COCc1noc(C)c1-c1ccc(NC(=O)[C@@H](NC(=O)O)C2CCC(C)CC2)nc1. The van der Waals surface area contributed by atoms with Gasteiger partial charge in [0.15, 0.2) is 0 Å². The molecule has 0 aromatic carbocycles.